The van der Waals surface area contributed by atoms with Crippen LogP contribution in [0.2, 0.25) is 0 Å². The van der Waals surface area contributed by atoms with Crippen molar-refractivity contribution in [3.63, 3.8) is 0 Å². The Bertz CT molecular complexity index is 491. The smallest absolute Gasteiger partial charge is 0.225 e. The van der Waals surface area contributed by atoms with E-state index < -0.39 is 5.60 Å². The van der Waals surface area contributed by atoms with E-state index in [9.17, 15) is 9.90 Å². The van der Waals surface area contributed by atoms with E-state index in [0.29, 0.717) is 19.8 Å². The number of hydrogen-bond acceptors (Lipinski definition) is 4. The van der Waals surface area contributed by atoms with Crippen molar-refractivity contribution in [3.05, 3.63) is 0 Å². The van der Waals surface area contributed by atoms with Crippen LogP contribution in [0.15, 0.2) is 4.99 Å². The Hall–Kier alpha value is -1.34. The molecule has 3 fully saturated rings. The summed E-state index contributed by atoms with van der Waals surface area (Å²) in [5.74, 6) is 1.28. The van der Waals surface area contributed by atoms with Gasteiger partial charge in [0.05, 0.1) is 25.4 Å². The summed E-state index contributed by atoms with van der Waals surface area (Å²) in [5.41, 5.74) is -0.620. The Balaban J connectivity index is 1.53. The zero-order valence-corrected chi connectivity index (χ0v) is 16.1. The molecule has 0 radical (unpaired) electrons. The molecule has 148 valence electrons. The third kappa shape index (κ3) is 4.88. The van der Waals surface area contributed by atoms with Crippen LogP contribution in [-0.4, -0.2) is 84.9 Å². The molecular formula is C19H34N4O3. The number of carbonyl (C=O) groups excluding carboxylic acids is 1. The number of morpholine rings is 1. The third-order valence-corrected chi connectivity index (χ3v) is 5.86. The van der Waals surface area contributed by atoms with Gasteiger partial charge in [0, 0.05) is 38.6 Å². The highest BCUT2D eigenvalue weighted by molar-refractivity contribution is 5.82. The fourth-order valence-electron chi connectivity index (χ4n) is 4.22. The maximum absolute atomic E-state index is 12.7. The predicted molar refractivity (Wildman–Crippen MR) is 101 cm³/mol. The van der Waals surface area contributed by atoms with Crippen LogP contribution in [0.1, 0.15) is 45.4 Å². The molecule has 7 heteroatoms. The van der Waals surface area contributed by atoms with Crippen molar-refractivity contribution in [3.8, 4) is 0 Å². The van der Waals surface area contributed by atoms with E-state index in [4.69, 9.17) is 9.73 Å². The highest BCUT2D eigenvalue weighted by atomic mass is 16.5. The molecule has 0 aromatic rings. The van der Waals surface area contributed by atoms with Gasteiger partial charge in [0.25, 0.3) is 0 Å². The maximum Gasteiger partial charge on any atom is 0.225 e. The van der Waals surface area contributed by atoms with Gasteiger partial charge in [-0.3, -0.25) is 9.79 Å². The van der Waals surface area contributed by atoms with E-state index in [0.717, 1.165) is 77.2 Å². The number of guanidine groups is 1. The number of likely N-dealkylation sites (tertiary alicyclic amines) is 1. The summed E-state index contributed by atoms with van der Waals surface area (Å²) in [4.78, 5) is 21.6. The highest BCUT2D eigenvalue weighted by Gasteiger charge is 2.33. The molecule has 0 unspecified atom stereocenters. The fourth-order valence-corrected chi connectivity index (χ4v) is 4.22. The lowest BCUT2D eigenvalue weighted by molar-refractivity contribution is -0.140. The summed E-state index contributed by atoms with van der Waals surface area (Å²) in [6.45, 7) is 7.79. The lowest BCUT2D eigenvalue weighted by Crippen LogP contribution is -2.50. The quantitative estimate of drug-likeness (QED) is 0.569. The Morgan fingerprint density at radius 3 is 2.42 bits per heavy atom. The Morgan fingerprint density at radius 2 is 1.81 bits per heavy atom. The highest BCUT2D eigenvalue weighted by Crippen LogP contribution is 2.29. The zero-order chi connectivity index (χ0) is 18.4. The van der Waals surface area contributed by atoms with Gasteiger partial charge in [-0.2, -0.15) is 0 Å². The number of aliphatic hydroxyl groups is 1. The molecule has 2 heterocycles. The minimum Gasteiger partial charge on any atom is -0.388 e. The summed E-state index contributed by atoms with van der Waals surface area (Å²) in [7, 11) is 0. The maximum atomic E-state index is 12.7. The van der Waals surface area contributed by atoms with E-state index in [-0.39, 0.29) is 11.8 Å². The zero-order valence-electron chi connectivity index (χ0n) is 16.1. The van der Waals surface area contributed by atoms with Gasteiger partial charge in [0.15, 0.2) is 5.96 Å². The van der Waals surface area contributed by atoms with E-state index in [1.165, 1.54) is 0 Å². The number of nitrogens with zero attached hydrogens (tertiary/aromatic N) is 3. The molecule has 0 spiro atoms. The van der Waals surface area contributed by atoms with Crippen molar-refractivity contribution in [2.45, 2.75) is 51.0 Å². The molecule has 1 saturated carbocycles. The molecule has 2 N–H and O–H groups in total. The average Bonchev–Trinajstić information content (AvgIpc) is 3.12. The summed E-state index contributed by atoms with van der Waals surface area (Å²) in [5, 5.41) is 13.9. The first kappa shape index (κ1) is 19.4. The molecule has 2 aliphatic heterocycles. The molecular weight excluding hydrogens is 332 g/mol. The summed E-state index contributed by atoms with van der Waals surface area (Å²) >= 11 is 0. The van der Waals surface area contributed by atoms with Crippen LogP contribution in [0.3, 0.4) is 0 Å². The molecule has 26 heavy (non-hydrogen) atoms. The molecule has 1 amide bonds. The molecule has 1 aliphatic carbocycles. The second-order valence-corrected chi connectivity index (χ2v) is 7.80. The number of piperidine rings is 1. The van der Waals surface area contributed by atoms with Gasteiger partial charge in [0.2, 0.25) is 5.91 Å². The second-order valence-electron chi connectivity index (χ2n) is 7.80. The number of rotatable bonds is 4. The monoisotopic (exact) mass is 366 g/mol. The van der Waals surface area contributed by atoms with Crippen molar-refractivity contribution in [1.29, 1.82) is 0 Å². The fraction of sp³-hybridized carbons (Fsp3) is 0.895. The van der Waals surface area contributed by atoms with Crippen LogP contribution in [-0.2, 0) is 9.53 Å². The van der Waals surface area contributed by atoms with Crippen LogP contribution in [0.25, 0.3) is 0 Å². The average molecular weight is 367 g/mol. The van der Waals surface area contributed by atoms with E-state index in [1.807, 2.05) is 4.90 Å². The van der Waals surface area contributed by atoms with Gasteiger partial charge < -0.3 is 25.0 Å². The van der Waals surface area contributed by atoms with Crippen molar-refractivity contribution >= 4 is 11.9 Å². The minimum atomic E-state index is -0.620. The third-order valence-electron chi connectivity index (χ3n) is 5.86. The molecule has 3 aliphatic rings. The minimum absolute atomic E-state index is 0.117. The van der Waals surface area contributed by atoms with Crippen LogP contribution in [0, 0.1) is 5.92 Å². The number of aliphatic imine (C=N–C) groups is 1. The topological polar surface area (TPSA) is 77.4 Å². The first-order valence-corrected chi connectivity index (χ1v) is 10.2. The lowest BCUT2D eigenvalue weighted by Gasteiger charge is -2.37. The van der Waals surface area contributed by atoms with Crippen LogP contribution in [0.4, 0.5) is 0 Å². The van der Waals surface area contributed by atoms with Gasteiger partial charge in [0.1, 0.15) is 0 Å². The Kier molecular flexibility index (Phi) is 6.75. The van der Waals surface area contributed by atoms with Gasteiger partial charge in [-0.15, -0.1) is 0 Å². The van der Waals surface area contributed by atoms with E-state index in [2.05, 4.69) is 17.1 Å². The molecule has 7 nitrogen and oxygen atoms in total. The van der Waals surface area contributed by atoms with E-state index >= 15 is 0 Å². The summed E-state index contributed by atoms with van der Waals surface area (Å²) < 4.78 is 5.34. The summed E-state index contributed by atoms with van der Waals surface area (Å²) in [6.07, 6.45) is 5.63. The molecule has 0 bridgehead atoms. The lowest BCUT2D eigenvalue weighted by atomic mass is 9.95. The largest absolute Gasteiger partial charge is 0.388 e. The molecule has 3 rings (SSSR count). The summed E-state index contributed by atoms with van der Waals surface area (Å²) in [6, 6.07) is 0. The van der Waals surface area contributed by atoms with Gasteiger partial charge in [-0.05, 0) is 32.6 Å². The standard InChI is InChI=1S/C19H34N4O3/c1-2-20-18(21-15-19(25)7-3-4-8-19)23-9-5-16(6-10-23)17(24)22-11-13-26-14-12-22/h16,25H,2-15H2,1H3,(H,20,21). The Labute approximate surface area is 156 Å². The molecule has 0 aromatic carbocycles. The van der Waals surface area contributed by atoms with Crippen LogP contribution in [0.5, 0.6) is 0 Å². The number of ether oxygens (including phenoxy) is 1. The molecule has 0 atom stereocenters. The first-order chi connectivity index (χ1) is 12.6. The number of hydrogen-bond donors (Lipinski definition) is 2. The van der Waals surface area contributed by atoms with Gasteiger partial charge in [-0.25, -0.2) is 0 Å². The molecule has 2 saturated heterocycles. The number of nitrogens with one attached hydrogen (secondary N) is 1. The van der Waals surface area contributed by atoms with E-state index in [1.54, 1.807) is 0 Å². The van der Waals surface area contributed by atoms with Crippen molar-refractivity contribution in [2.75, 3.05) is 52.5 Å². The van der Waals surface area contributed by atoms with Crippen LogP contribution >= 0.6 is 0 Å². The first-order valence-electron chi connectivity index (χ1n) is 10.2. The van der Waals surface area contributed by atoms with Crippen LogP contribution < -0.4 is 5.32 Å². The van der Waals surface area contributed by atoms with Gasteiger partial charge in [-0.1, -0.05) is 12.8 Å². The normalized spacial score (nSPS) is 24.8. The Morgan fingerprint density at radius 1 is 1.15 bits per heavy atom. The second kappa shape index (κ2) is 9.04. The van der Waals surface area contributed by atoms with Gasteiger partial charge >= 0.3 is 0 Å². The number of carbonyl (C=O) groups is 1. The SMILES string of the molecule is CCNC(=NCC1(O)CCCC1)N1CCC(C(=O)N2CCOCC2)CC1. The van der Waals surface area contributed by atoms with Crippen molar-refractivity contribution < 1.29 is 14.6 Å². The molecule has 0 aromatic heterocycles. The predicted octanol–water partition coefficient (Wildman–Crippen LogP) is 0.828. The van der Waals surface area contributed by atoms with Crippen molar-refractivity contribution in [2.24, 2.45) is 10.9 Å². The van der Waals surface area contributed by atoms with Crippen molar-refractivity contribution in [1.82, 2.24) is 15.1 Å². The number of amides is 1.